The Labute approximate surface area is 244 Å². The Morgan fingerprint density at radius 3 is 2.27 bits per heavy atom. The largest absolute Gasteiger partial charge is 0.417 e. The Bertz CT molecular complexity index is 1500. The van der Waals surface area contributed by atoms with Crippen molar-refractivity contribution in [2.75, 3.05) is 17.9 Å². The molecule has 13 heteroatoms. The van der Waals surface area contributed by atoms with E-state index in [0.29, 0.717) is 15.9 Å². The van der Waals surface area contributed by atoms with E-state index >= 15 is 0 Å². The summed E-state index contributed by atoms with van der Waals surface area (Å²) in [5, 5.41) is 1.84. The number of alkyl halides is 3. The number of sulfonamides is 1. The molecule has 0 saturated heterocycles. The third-order valence-corrected chi connectivity index (χ3v) is 8.70. The van der Waals surface area contributed by atoms with E-state index in [1.807, 2.05) is 0 Å². The summed E-state index contributed by atoms with van der Waals surface area (Å²) < 4.78 is 69.9. The van der Waals surface area contributed by atoms with Crippen LogP contribution in [0.2, 0.25) is 5.02 Å². The minimum Gasteiger partial charge on any atom is -0.357 e. The van der Waals surface area contributed by atoms with Crippen LogP contribution >= 0.6 is 27.5 Å². The summed E-state index contributed by atoms with van der Waals surface area (Å²) in [6.07, 6.45) is -4.88. The van der Waals surface area contributed by atoms with Gasteiger partial charge in [-0.2, -0.15) is 13.2 Å². The van der Waals surface area contributed by atoms with Gasteiger partial charge in [0.1, 0.15) is 12.6 Å². The van der Waals surface area contributed by atoms with Gasteiger partial charge < -0.3 is 10.2 Å². The molecular formula is C27H26BrClF3N3O4S. The lowest BCUT2D eigenvalue weighted by Gasteiger charge is -2.32. The minimum absolute atomic E-state index is 0.0697. The second kappa shape index (κ2) is 12.6. The smallest absolute Gasteiger partial charge is 0.357 e. The highest BCUT2D eigenvalue weighted by Gasteiger charge is 2.36. The summed E-state index contributed by atoms with van der Waals surface area (Å²) in [5.74, 6) is -1.32. The van der Waals surface area contributed by atoms with Crippen LogP contribution in [-0.4, -0.2) is 44.8 Å². The van der Waals surface area contributed by atoms with Crippen molar-refractivity contribution in [3.63, 3.8) is 0 Å². The Balaban J connectivity index is 2.13. The maximum atomic E-state index is 13.8. The number of benzene rings is 3. The normalized spacial score (nSPS) is 12.5. The van der Waals surface area contributed by atoms with E-state index in [1.165, 1.54) is 43.1 Å². The lowest BCUT2D eigenvalue weighted by Crippen LogP contribution is -2.50. The molecule has 0 unspecified atom stereocenters. The third-order valence-electron chi connectivity index (χ3n) is 6.09. The zero-order valence-corrected chi connectivity index (χ0v) is 24.8. The Kier molecular flexibility index (Phi) is 9.91. The van der Waals surface area contributed by atoms with Gasteiger partial charge in [0.2, 0.25) is 11.8 Å². The molecule has 0 aliphatic carbocycles. The van der Waals surface area contributed by atoms with Crippen molar-refractivity contribution in [3.05, 3.63) is 92.9 Å². The second-order valence-electron chi connectivity index (χ2n) is 8.93. The molecular weight excluding hydrogens is 635 g/mol. The molecule has 2 amide bonds. The molecule has 0 fully saturated rings. The molecule has 1 atom stereocenters. The van der Waals surface area contributed by atoms with Crippen LogP contribution in [0.25, 0.3) is 0 Å². The quantitative estimate of drug-likeness (QED) is 0.315. The first-order valence-electron chi connectivity index (χ1n) is 11.9. The van der Waals surface area contributed by atoms with Gasteiger partial charge in [-0.05, 0) is 61.9 Å². The van der Waals surface area contributed by atoms with Gasteiger partial charge >= 0.3 is 6.18 Å². The average Bonchev–Trinajstić information content (AvgIpc) is 2.89. The summed E-state index contributed by atoms with van der Waals surface area (Å²) in [5.41, 5.74) is -0.280. The Hall–Kier alpha value is -3.09. The fourth-order valence-electron chi connectivity index (χ4n) is 3.88. The number of aryl methyl sites for hydroxylation is 1. The van der Waals surface area contributed by atoms with Gasteiger partial charge in [0, 0.05) is 18.1 Å². The molecule has 3 aromatic rings. The van der Waals surface area contributed by atoms with Crippen molar-refractivity contribution in [3.8, 4) is 0 Å². The van der Waals surface area contributed by atoms with Crippen LogP contribution in [0.3, 0.4) is 0 Å². The van der Waals surface area contributed by atoms with Crippen LogP contribution in [0.15, 0.2) is 76.1 Å². The topological polar surface area (TPSA) is 86.8 Å². The van der Waals surface area contributed by atoms with Gasteiger partial charge in [-0.15, -0.1) is 0 Å². The molecule has 3 rings (SSSR count). The summed E-state index contributed by atoms with van der Waals surface area (Å²) in [4.78, 5) is 27.2. The second-order valence-corrected chi connectivity index (χ2v) is 12.1. The molecule has 0 spiro atoms. The first kappa shape index (κ1) is 31.4. The third kappa shape index (κ3) is 7.35. The number of nitrogens with zero attached hydrogens (tertiary/aromatic N) is 2. The van der Waals surface area contributed by atoms with Crippen LogP contribution in [0.1, 0.15) is 23.6 Å². The van der Waals surface area contributed by atoms with Gasteiger partial charge in [0.05, 0.1) is 21.2 Å². The molecule has 40 heavy (non-hydrogen) atoms. The fourth-order valence-corrected chi connectivity index (χ4v) is 5.95. The highest BCUT2D eigenvalue weighted by atomic mass is 79.9. The highest BCUT2D eigenvalue weighted by molar-refractivity contribution is 9.10. The number of likely N-dealkylation sites (N-methyl/N-ethyl adjacent to an activating group) is 1. The van der Waals surface area contributed by atoms with E-state index in [-0.39, 0.29) is 11.4 Å². The standard InChI is InChI=1S/C27H26BrClF3N3O4S/c1-17-7-10-22(11-8-17)40(38,39)35(21-9-12-24(29)23(14-21)27(30,31)32)16-25(36)34(18(2)26(37)33-3)15-19-5-4-6-20(28)13-19/h4-14,18H,15-16H2,1-3H3,(H,33,37)/t18-/m0/s1. The Morgan fingerprint density at radius 2 is 1.70 bits per heavy atom. The predicted molar refractivity (Wildman–Crippen MR) is 150 cm³/mol. The molecule has 7 nitrogen and oxygen atoms in total. The zero-order chi connectivity index (χ0) is 29.8. The van der Waals surface area contributed by atoms with Crippen LogP contribution in [0.5, 0.6) is 0 Å². The Morgan fingerprint density at radius 1 is 1.05 bits per heavy atom. The number of anilines is 1. The van der Waals surface area contributed by atoms with Crippen molar-refractivity contribution in [1.29, 1.82) is 0 Å². The highest BCUT2D eigenvalue weighted by Crippen LogP contribution is 2.38. The predicted octanol–water partition coefficient (Wildman–Crippen LogP) is 5.79. The maximum absolute atomic E-state index is 13.8. The van der Waals surface area contributed by atoms with E-state index < -0.39 is 56.9 Å². The number of hydrogen-bond donors (Lipinski definition) is 1. The maximum Gasteiger partial charge on any atom is 0.417 e. The lowest BCUT2D eigenvalue weighted by atomic mass is 10.1. The number of halogens is 5. The van der Waals surface area contributed by atoms with E-state index in [1.54, 1.807) is 31.2 Å². The lowest BCUT2D eigenvalue weighted by molar-refractivity contribution is -0.139. The molecule has 0 bridgehead atoms. The van der Waals surface area contributed by atoms with E-state index in [4.69, 9.17) is 11.6 Å². The first-order valence-corrected chi connectivity index (χ1v) is 14.5. The molecule has 1 N–H and O–H groups in total. The van der Waals surface area contributed by atoms with Crippen LogP contribution in [0, 0.1) is 6.92 Å². The van der Waals surface area contributed by atoms with Crippen LogP contribution < -0.4 is 9.62 Å². The summed E-state index contributed by atoms with van der Waals surface area (Å²) in [6.45, 7) is 2.26. The first-order chi connectivity index (χ1) is 18.6. The number of rotatable bonds is 9. The van der Waals surface area contributed by atoms with Crippen molar-refractivity contribution < 1.29 is 31.2 Å². The van der Waals surface area contributed by atoms with Crippen molar-refractivity contribution in [2.24, 2.45) is 0 Å². The molecule has 0 aromatic heterocycles. The molecule has 0 aliphatic rings. The molecule has 0 heterocycles. The molecule has 0 radical (unpaired) electrons. The van der Waals surface area contributed by atoms with E-state index in [2.05, 4.69) is 21.2 Å². The number of carbonyl (C=O) groups excluding carboxylic acids is 2. The van der Waals surface area contributed by atoms with Crippen molar-refractivity contribution in [2.45, 2.75) is 37.5 Å². The van der Waals surface area contributed by atoms with Gasteiger partial charge in [0.25, 0.3) is 10.0 Å². The number of hydrogen-bond acceptors (Lipinski definition) is 4. The molecule has 3 aromatic carbocycles. The monoisotopic (exact) mass is 659 g/mol. The fraction of sp³-hybridized carbons (Fsp3) is 0.259. The summed E-state index contributed by atoms with van der Waals surface area (Å²) in [6, 6.07) is 14.2. The van der Waals surface area contributed by atoms with Crippen molar-refractivity contribution >= 4 is 55.1 Å². The van der Waals surface area contributed by atoms with Gasteiger partial charge in [0.15, 0.2) is 0 Å². The summed E-state index contributed by atoms with van der Waals surface area (Å²) >= 11 is 9.13. The van der Waals surface area contributed by atoms with E-state index in [0.717, 1.165) is 22.2 Å². The number of amides is 2. The van der Waals surface area contributed by atoms with Gasteiger partial charge in [-0.3, -0.25) is 13.9 Å². The average molecular weight is 661 g/mol. The minimum atomic E-state index is -4.88. The zero-order valence-electron chi connectivity index (χ0n) is 21.7. The van der Waals surface area contributed by atoms with Gasteiger partial charge in [-0.25, -0.2) is 8.42 Å². The molecule has 214 valence electrons. The van der Waals surface area contributed by atoms with E-state index in [9.17, 15) is 31.2 Å². The molecule has 0 aliphatic heterocycles. The van der Waals surface area contributed by atoms with Crippen LogP contribution in [0.4, 0.5) is 18.9 Å². The van der Waals surface area contributed by atoms with Crippen molar-refractivity contribution in [1.82, 2.24) is 10.2 Å². The molecule has 0 saturated carbocycles. The SMILES string of the molecule is CNC(=O)[C@H](C)N(Cc1cccc(Br)c1)C(=O)CN(c1ccc(Cl)c(C(F)(F)F)c1)S(=O)(=O)c1ccc(C)cc1. The number of carbonyl (C=O) groups is 2. The number of nitrogens with one attached hydrogen (secondary N) is 1. The summed E-state index contributed by atoms with van der Waals surface area (Å²) in [7, 11) is -3.15. The van der Waals surface area contributed by atoms with Crippen LogP contribution in [-0.2, 0) is 32.3 Å². The van der Waals surface area contributed by atoms with Gasteiger partial charge in [-0.1, -0.05) is 57.4 Å².